The molecule has 1 spiro atoms. The smallest absolute Gasteiger partial charge is 0.227 e. The number of nitrogens with zero attached hydrogens (tertiary/aromatic N) is 1. The summed E-state index contributed by atoms with van der Waals surface area (Å²) in [5.74, 6) is 1.18. The molecule has 2 aliphatic heterocycles. The summed E-state index contributed by atoms with van der Waals surface area (Å²) in [4.78, 5) is 14.5. The SMILES string of the molecule is COc1ccc2c(c1)C1(CCN(C(=O)C(C)(C)C)CC1)CN2. The van der Waals surface area contributed by atoms with Gasteiger partial charge in [0, 0.05) is 36.2 Å². The van der Waals surface area contributed by atoms with Crippen molar-refractivity contribution in [2.24, 2.45) is 5.41 Å². The van der Waals surface area contributed by atoms with Crippen molar-refractivity contribution in [2.75, 3.05) is 32.1 Å². The Morgan fingerprint density at radius 2 is 1.95 bits per heavy atom. The summed E-state index contributed by atoms with van der Waals surface area (Å²) in [7, 11) is 1.71. The lowest BCUT2D eigenvalue weighted by atomic mass is 9.74. The number of methoxy groups -OCH3 is 1. The van der Waals surface area contributed by atoms with Crippen LogP contribution in [0.5, 0.6) is 5.75 Å². The quantitative estimate of drug-likeness (QED) is 0.867. The fourth-order valence-electron chi connectivity index (χ4n) is 3.66. The van der Waals surface area contributed by atoms with Gasteiger partial charge in [-0.1, -0.05) is 20.8 Å². The predicted molar refractivity (Wildman–Crippen MR) is 88.4 cm³/mol. The molecule has 4 nitrogen and oxygen atoms in total. The number of carbonyl (C=O) groups is 1. The van der Waals surface area contributed by atoms with Crippen LogP contribution in [0.2, 0.25) is 0 Å². The number of ether oxygens (including phenoxy) is 1. The van der Waals surface area contributed by atoms with E-state index in [4.69, 9.17) is 4.74 Å². The van der Waals surface area contributed by atoms with Crippen LogP contribution in [0, 0.1) is 5.41 Å². The molecule has 0 radical (unpaired) electrons. The van der Waals surface area contributed by atoms with Crippen molar-refractivity contribution in [3.05, 3.63) is 23.8 Å². The molecule has 1 amide bonds. The lowest BCUT2D eigenvalue weighted by Crippen LogP contribution is -2.49. The number of nitrogens with one attached hydrogen (secondary N) is 1. The molecule has 1 N–H and O–H groups in total. The van der Waals surface area contributed by atoms with Gasteiger partial charge in [0.1, 0.15) is 5.75 Å². The standard InChI is InChI=1S/C18H26N2O2/c1-17(2,3)16(21)20-9-7-18(8-10-20)12-19-15-6-5-13(22-4)11-14(15)18/h5-6,11,19H,7-10,12H2,1-4H3. The second-order valence-electron chi connectivity index (χ2n) is 7.59. The molecule has 0 bridgehead atoms. The van der Waals surface area contributed by atoms with Crippen molar-refractivity contribution in [3.63, 3.8) is 0 Å². The van der Waals surface area contributed by atoms with Crippen LogP contribution in [0.15, 0.2) is 18.2 Å². The molecule has 0 unspecified atom stereocenters. The largest absolute Gasteiger partial charge is 0.497 e. The number of amides is 1. The third kappa shape index (κ3) is 2.44. The average molecular weight is 302 g/mol. The van der Waals surface area contributed by atoms with E-state index in [-0.39, 0.29) is 16.7 Å². The second kappa shape index (κ2) is 5.18. The maximum Gasteiger partial charge on any atom is 0.227 e. The number of fused-ring (bicyclic) bond motifs is 2. The molecule has 0 aromatic heterocycles. The van der Waals surface area contributed by atoms with E-state index in [0.29, 0.717) is 0 Å². The maximum absolute atomic E-state index is 12.5. The minimum atomic E-state index is -0.292. The van der Waals surface area contributed by atoms with Crippen LogP contribution >= 0.6 is 0 Å². The van der Waals surface area contributed by atoms with E-state index in [1.54, 1.807) is 7.11 Å². The van der Waals surface area contributed by atoms with Crippen LogP contribution in [0.1, 0.15) is 39.2 Å². The van der Waals surface area contributed by atoms with Crippen molar-refractivity contribution in [1.29, 1.82) is 0 Å². The highest BCUT2D eigenvalue weighted by atomic mass is 16.5. The van der Waals surface area contributed by atoms with E-state index in [9.17, 15) is 4.79 Å². The van der Waals surface area contributed by atoms with E-state index >= 15 is 0 Å². The second-order valence-corrected chi connectivity index (χ2v) is 7.59. The zero-order chi connectivity index (χ0) is 16.0. The van der Waals surface area contributed by atoms with Crippen LogP contribution in [0.3, 0.4) is 0 Å². The Hall–Kier alpha value is -1.71. The summed E-state index contributed by atoms with van der Waals surface area (Å²) in [5, 5.41) is 3.53. The Labute approximate surface area is 132 Å². The third-order valence-corrected chi connectivity index (χ3v) is 5.06. The molecular weight excluding hydrogens is 276 g/mol. The first-order chi connectivity index (χ1) is 10.4. The van der Waals surface area contributed by atoms with E-state index in [0.717, 1.165) is 38.2 Å². The molecular formula is C18H26N2O2. The van der Waals surface area contributed by atoms with Gasteiger partial charge in [0.25, 0.3) is 0 Å². The van der Waals surface area contributed by atoms with Gasteiger partial charge in [-0.2, -0.15) is 0 Å². The number of hydrogen-bond donors (Lipinski definition) is 1. The maximum atomic E-state index is 12.5. The van der Waals surface area contributed by atoms with Crippen molar-refractivity contribution in [3.8, 4) is 5.75 Å². The van der Waals surface area contributed by atoms with E-state index < -0.39 is 0 Å². The van der Waals surface area contributed by atoms with Crippen molar-refractivity contribution >= 4 is 11.6 Å². The molecule has 1 saturated heterocycles. The van der Waals surface area contributed by atoms with Crippen LogP contribution < -0.4 is 10.1 Å². The van der Waals surface area contributed by atoms with Crippen molar-refractivity contribution in [2.45, 2.75) is 39.0 Å². The Kier molecular flexibility index (Phi) is 3.58. The summed E-state index contributed by atoms with van der Waals surface area (Å²) in [5.41, 5.74) is 2.43. The highest BCUT2D eigenvalue weighted by Crippen LogP contribution is 2.45. The number of hydrogen-bond acceptors (Lipinski definition) is 3. The highest BCUT2D eigenvalue weighted by molar-refractivity contribution is 5.81. The Morgan fingerprint density at radius 1 is 1.27 bits per heavy atom. The van der Waals surface area contributed by atoms with Crippen LogP contribution in [-0.2, 0) is 10.2 Å². The van der Waals surface area contributed by atoms with Gasteiger partial charge in [0.2, 0.25) is 5.91 Å². The molecule has 0 aliphatic carbocycles. The molecule has 22 heavy (non-hydrogen) atoms. The number of rotatable bonds is 1. The first kappa shape index (κ1) is 15.2. The van der Waals surface area contributed by atoms with Gasteiger partial charge in [-0.15, -0.1) is 0 Å². The fourth-order valence-corrected chi connectivity index (χ4v) is 3.66. The van der Waals surface area contributed by atoms with Gasteiger partial charge in [0.05, 0.1) is 7.11 Å². The summed E-state index contributed by atoms with van der Waals surface area (Å²) in [6.45, 7) is 8.64. The van der Waals surface area contributed by atoms with Gasteiger partial charge in [-0.3, -0.25) is 4.79 Å². The number of anilines is 1. The molecule has 4 heteroatoms. The minimum Gasteiger partial charge on any atom is -0.497 e. The molecule has 2 aliphatic rings. The molecule has 1 aromatic carbocycles. The minimum absolute atomic E-state index is 0.151. The summed E-state index contributed by atoms with van der Waals surface area (Å²) in [6.07, 6.45) is 2.03. The average Bonchev–Trinajstić information content (AvgIpc) is 2.84. The van der Waals surface area contributed by atoms with Crippen LogP contribution in [0.25, 0.3) is 0 Å². The molecule has 2 heterocycles. The monoisotopic (exact) mass is 302 g/mol. The molecule has 3 rings (SSSR count). The Morgan fingerprint density at radius 3 is 2.55 bits per heavy atom. The normalized spacial score (nSPS) is 19.7. The van der Waals surface area contributed by atoms with Crippen molar-refractivity contribution < 1.29 is 9.53 Å². The first-order valence-electron chi connectivity index (χ1n) is 8.07. The van der Waals surface area contributed by atoms with Gasteiger partial charge >= 0.3 is 0 Å². The number of piperidine rings is 1. The van der Waals surface area contributed by atoms with Gasteiger partial charge in [-0.25, -0.2) is 0 Å². The van der Waals surface area contributed by atoms with E-state index in [2.05, 4.69) is 17.4 Å². The molecule has 120 valence electrons. The highest BCUT2D eigenvalue weighted by Gasteiger charge is 2.43. The zero-order valence-electron chi connectivity index (χ0n) is 14.0. The van der Waals surface area contributed by atoms with E-state index in [1.807, 2.05) is 31.7 Å². The molecule has 0 saturated carbocycles. The Bertz CT molecular complexity index is 581. The van der Waals surface area contributed by atoms with Gasteiger partial charge in [-0.05, 0) is 36.6 Å². The van der Waals surface area contributed by atoms with Crippen LogP contribution in [0.4, 0.5) is 5.69 Å². The predicted octanol–water partition coefficient (Wildman–Crippen LogP) is 3.03. The topological polar surface area (TPSA) is 41.6 Å². The number of benzene rings is 1. The van der Waals surface area contributed by atoms with Gasteiger partial charge < -0.3 is 15.0 Å². The van der Waals surface area contributed by atoms with Crippen molar-refractivity contribution in [1.82, 2.24) is 4.90 Å². The summed E-state index contributed by atoms with van der Waals surface area (Å²) < 4.78 is 5.39. The zero-order valence-corrected chi connectivity index (χ0v) is 14.0. The van der Waals surface area contributed by atoms with Gasteiger partial charge in [0.15, 0.2) is 0 Å². The lowest BCUT2D eigenvalue weighted by Gasteiger charge is -2.41. The number of likely N-dealkylation sites (tertiary alicyclic amines) is 1. The van der Waals surface area contributed by atoms with E-state index in [1.165, 1.54) is 11.3 Å². The molecule has 1 fully saturated rings. The molecule has 1 aromatic rings. The third-order valence-electron chi connectivity index (χ3n) is 5.06. The lowest BCUT2D eigenvalue weighted by molar-refractivity contribution is -0.141. The molecule has 0 atom stereocenters. The number of carbonyl (C=O) groups excluding carboxylic acids is 1. The Balaban J connectivity index is 1.79. The van der Waals surface area contributed by atoms with Crippen LogP contribution in [-0.4, -0.2) is 37.6 Å². The fraction of sp³-hybridized carbons (Fsp3) is 0.611. The first-order valence-corrected chi connectivity index (χ1v) is 8.07. The summed E-state index contributed by atoms with van der Waals surface area (Å²) >= 11 is 0. The summed E-state index contributed by atoms with van der Waals surface area (Å²) in [6, 6.07) is 6.27.